The average molecular weight is 199 g/mol. The molecule has 0 aliphatic heterocycles. The Labute approximate surface area is 85.9 Å². The van der Waals surface area contributed by atoms with Gasteiger partial charge in [0.2, 0.25) is 0 Å². The first-order valence-corrected chi connectivity index (χ1v) is 5.04. The van der Waals surface area contributed by atoms with Gasteiger partial charge in [0.15, 0.2) is 0 Å². The number of H-pyrrole nitrogens is 1. The summed E-state index contributed by atoms with van der Waals surface area (Å²) in [6.45, 7) is 12.6. The highest BCUT2D eigenvalue weighted by Crippen LogP contribution is 1.74. The molecular weight excluding hydrogens is 178 g/mol. The van der Waals surface area contributed by atoms with E-state index in [0.29, 0.717) is 0 Å². The zero-order valence-electron chi connectivity index (χ0n) is 9.70. The minimum atomic E-state index is 0.773. The standard InChI is InChI=1S/C8H19N.CHN4/c1-6-9(7(2)3)8(4)5;1-2-4-5-3-1/h7-8H,6H2,1-5H3;(H,2,3,4,5)/q;-1/p+1. The summed E-state index contributed by atoms with van der Waals surface area (Å²) in [6.07, 6.45) is 2.19. The zero-order chi connectivity index (χ0) is 11.0. The van der Waals surface area contributed by atoms with E-state index in [1.165, 1.54) is 6.54 Å². The fourth-order valence-corrected chi connectivity index (χ4v) is 1.59. The van der Waals surface area contributed by atoms with Crippen LogP contribution in [0.1, 0.15) is 34.6 Å². The van der Waals surface area contributed by atoms with Crippen molar-refractivity contribution in [3.63, 3.8) is 0 Å². The van der Waals surface area contributed by atoms with Gasteiger partial charge in [-0.25, -0.2) is 11.5 Å². The quantitative estimate of drug-likeness (QED) is 0.658. The fourth-order valence-electron chi connectivity index (χ4n) is 1.59. The maximum Gasteiger partial charge on any atom is 0.0819 e. The van der Waals surface area contributed by atoms with Gasteiger partial charge in [0.25, 0.3) is 0 Å². The van der Waals surface area contributed by atoms with Gasteiger partial charge in [0.1, 0.15) is 0 Å². The summed E-state index contributed by atoms with van der Waals surface area (Å²) in [5.41, 5.74) is 0. The van der Waals surface area contributed by atoms with Crippen LogP contribution >= 0.6 is 0 Å². The van der Waals surface area contributed by atoms with Crippen LogP contribution in [0.2, 0.25) is 0 Å². The van der Waals surface area contributed by atoms with Crippen LogP contribution in [-0.2, 0) is 0 Å². The summed E-state index contributed by atoms with van der Waals surface area (Å²) in [4.78, 5) is 1.69. The molecule has 0 aliphatic rings. The van der Waals surface area contributed by atoms with E-state index in [1.54, 1.807) is 4.90 Å². The predicted octanol–water partition coefficient (Wildman–Crippen LogP) is -0.292. The lowest BCUT2D eigenvalue weighted by Gasteiger charge is -2.25. The van der Waals surface area contributed by atoms with Crippen LogP contribution in [0.5, 0.6) is 0 Å². The second-order valence-corrected chi connectivity index (χ2v) is 3.75. The fraction of sp³-hybridized carbons (Fsp3) is 0.889. The van der Waals surface area contributed by atoms with Gasteiger partial charge in [-0.1, -0.05) is 5.21 Å². The topological polar surface area (TPSA) is 58.9 Å². The molecular formula is C9H21N5. The van der Waals surface area contributed by atoms with Crippen LogP contribution in [0.3, 0.4) is 0 Å². The van der Waals surface area contributed by atoms with E-state index in [1.807, 2.05) is 0 Å². The van der Waals surface area contributed by atoms with Crippen molar-refractivity contribution < 1.29 is 4.90 Å². The van der Waals surface area contributed by atoms with Gasteiger partial charge in [-0.15, -0.1) is 0 Å². The maximum atomic E-state index is 3.25. The summed E-state index contributed by atoms with van der Waals surface area (Å²) in [5.74, 6) is 0. The Morgan fingerprint density at radius 1 is 1.21 bits per heavy atom. The first-order chi connectivity index (χ1) is 6.59. The highest BCUT2D eigenvalue weighted by molar-refractivity contribution is 4.38. The zero-order valence-corrected chi connectivity index (χ0v) is 9.70. The number of aromatic nitrogens is 4. The molecule has 0 bridgehead atoms. The molecule has 1 heterocycles. The number of hydrogen-bond donors (Lipinski definition) is 2. The van der Waals surface area contributed by atoms with Gasteiger partial charge < -0.3 is 15.1 Å². The van der Waals surface area contributed by atoms with Gasteiger partial charge in [0.05, 0.1) is 18.6 Å². The highest BCUT2D eigenvalue weighted by atomic mass is 15.5. The van der Waals surface area contributed by atoms with Crippen molar-refractivity contribution in [2.75, 3.05) is 6.54 Å². The molecule has 0 saturated carbocycles. The Balaban J connectivity index is 0.000000280. The molecule has 0 radical (unpaired) electrons. The third-order valence-corrected chi connectivity index (χ3v) is 2.13. The average Bonchev–Trinajstić information content (AvgIpc) is 2.59. The Hall–Kier alpha value is -0.970. The van der Waals surface area contributed by atoms with Crippen molar-refractivity contribution in [2.45, 2.75) is 46.7 Å². The van der Waals surface area contributed by atoms with Crippen LogP contribution in [0, 0.1) is 6.33 Å². The largest absolute Gasteiger partial charge is 0.357 e. The lowest BCUT2D eigenvalue weighted by Crippen LogP contribution is -3.17. The molecule has 0 atom stereocenters. The van der Waals surface area contributed by atoms with Crippen molar-refractivity contribution in [2.24, 2.45) is 0 Å². The summed E-state index contributed by atoms with van der Waals surface area (Å²) in [6, 6.07) is 1.55. The van der Waals surface area contributed by atoms with E-state index in [2.05, 4.69) is 61.6 Å². The molecule has 1 aromatic rings. The second kappa shape index (κ2) is 7.44. The second-order valence-electron chi connectivity index (χ2n) is 3.75. The van der Waals surface area contributed by atoms with E-state index in [0.717, 1.165) is 12.1 Å². The molecule has 0 unspecified atom stereocenters. The maximum absolute atomic E-state index is 3.25. The van der Waals surface area contributed by atoms with Gasteiger partial charge in [-0.3, -0.25) is 0 Å². The number of rotatable bonds is 3. The molecule has 0 saturated heterocycles. The van der Waals surface area contributed by atoms with Gasteiger partial charge in [-0.05, 0) is 34.6 Å². The van der Waals surface area contributed by atoms with Crippen LogP contribution in [-0.4, -0.2) is 39.3 Å². The van der Waals surface area contributed by atoms with E-state index in [4.69, 9.17) is 0 Å². The summed E-state index contributed by atoms with van der Waals surface area (Å²) in [7, 11) is 0. The lowest BCUT2D eigenvalue weighted by molar-refractivity contribution is -0.940. The third-order valence-electron chi connectivity index (χ3n) is 2.13. The van der Waals surface area contributed by atoms with E-state index in [-0.39, 0.29) is 0 Å². The van der Waals surface area contributed by atoms with Gasteiger partial charge in [0, 0.05) is 0 Å². The minimum Gasteiger partial charge on any atom is -0.357 e. The molecule has 0 amide bonds. The molecule has 0 aliphatic carbocycles. The lowest BCUT2D eigenvalue weighted by atomic mass is 10.2. The number of tetrazole rings is 1. The Kier molecular flexibility index (Phi) is 6.92. The molecule has 1 rings (SSSR count). The van der Waals surface area contributed by atoms with Crippen molar-refractivity contribution in [3.05, 3.63) is 6.33 Å². The molecule has 0 spiro atoms. The molecule has 82 valence electrons. The number of quaternary nitrogens is 1. The smallest absolute Gasteiger partial charge is 0.0819 e. The summed E-state index contributed by atoms with van der Waals surface area (Å²) in [5, 5.41) is 11.8. The monoisotopic (exact) mass is 199 g/mol. The highest BCUT2D eigenvalue weighted by Gasteiger charge is 2.12. The van der Waals surface area contributed by atoms with Crippen molar-refractivity contribution in [1.29, 1.82) is 0 Å². The Bertz CT molecular complexity index is 170. The van der Waals surface area contributed by atoms with Gasteiger partial charge in [-0.2, -0.15) is 0 Å². The van der Waals surface area contributed by atoms with Crippen LogP contribution in [0.4, 0.5) is 0 Å². The molecule has 1 aromatic heterocycles. The molecule has 5 heteroatoms. The normalized spacial score (nSPS) is 10.6. The van der Waals surface area contributed by atoms with E-state index >= 15 is 0 Å². The Morgan fingerprint density at radius 2 is 1.79 bits per heavy atom. The first kappa shape index (κ1) is 13.0. The van der Waals surface area contributed by atoms with Crippen molar-refractivity contribution in [1.82, 2.24) is 20.6 Å². The molecule has 14 heavy (non-hydrogen) atoms. The number of nitrogens with one attached hydrogen (secondary N) is 2. The molecule has 5 nitrogen and oxygen atoms in total. The van der Waals surface area contributed by atoms with E-state index in [9.17, 15) is 0 Å². The van der Waals surface area contributed by atoms with Crippen LogP contribution in [0.25, 0.3) is 0 Å². The van der Waals surface area contributed by atoms with Crippen molar-refractivity contribution in [3.8, 4) is 0 Å². The minimum absolute atomic E-state index is 0.773. The first-order valence-electron chi connectivity index (χ1n) is 5.04. The van der Waals surface area contributed by atoms with Crippen molar-refractivity contribution >= 4 is 0 Å². The molecule has 2 N–H and O–H groups in total. The number of hydrogen-bond acceptors (Lipinski definition) is 3. The van der Waals surface area contributed by atoms with E-state index < -0.39 is 0 Å². The third kappa shape index (κ3) is 5.64. The SMILES string of the molecule is CC[NH+](C(C)C)C(C)C.[c-]1nn[nH]n1. The predicted molar refractivity (Wildman–Crippen MR) is 54.8 cm³/mol. The summed E-state index contributed by atoms with van der Waals surface area (Å²) < 4.78 is 0. The number of nitrogens with zero attached hydrogens (tertiary/aromatic N) is 3. The van der Waals surface area contributed by atoms with Crippen LogP contribution in [0.15, 0.2) is 0 Å². The molecule has 0 fully saturated rings. The number of aromatic amines is 1. The Morgan fingerprint density at radius 3 is 1.86 bits per heavy atom. The summed E-state index contributed by atoms with van der Waals surface area (Å²) >= 11 is 0. The van der Waals surface area contributed by atoms with Crippen LogP contribution < -0.4 is 4.90 Å². The molecule has 0 aromatic carbocycles. The van der Waals surface area contributed by atoms with Gasteiger partial charge >= 0.3 is 0 Å².